The number of thioether (sulfide) groups is 1. The van der Waals surface area contributed by atoms with Gasteiger partial charge in [0.05, 0.1) is 22.2 Å². The third kappa shape index (κ3) is 5.45. The number of carbonyl (C=O) groups excluding carboxylic acids is 1. The third-order valence-electron chi connectivity index (χ3n) is 6.52. The Kier molecular flexibility index (Phi) is 7.76. The lowest BCUT2D eigenvalue weighted by atomic mass is 10.2. The third-order valence-corrected chi connectivity index (χ3v) is 8.81. The maximum atomic E-state index is 14.2. The second kappa shape index (κ2) is 11.7. The number of aromatic nitrogens is 5. The summed E-state index contributed by atoms with van der Waals surface area (Å²) >= 11 is 9.47. The van der Waals surface area contributed by atoms with Gasteiger partial charge in [-0.05, 0) is 36.4 Å². The van der Waals surface area contributed by atoms with Gasteiger partial charge in [0.15, 0.2) is 11.0 Å². The molecule has 0 bridgehead atoms. The Bertz CT molecular complexity index is 1640. The number of halogens is 2. The summed E-state index contributed by atoms with van der Waals surface area (Å²) in [5.74, 6) is 0.808. The lowest BCUT2D eigenvalue weighted by Gasteiger charge is -2.35. The molecule has 1 fully saturated rings. The van der Waals surface area contributed by atoms with Crippen LogP contribution in [0.4, 0.5) is 10.1 Å². The lowest BCUT2D eigenvalue weighted by molar-refractivity contribution is 0.0741. The quantitative estimate of drug-likeness (QED) is 0.220. The number of amides is 1. The molecule has 5 aromatic rings. The normalized spacial score (nSPS) is 13.6. The van der Waals surface area contributed by atoms with Crippen LogP contribution in [-0.4, -0.2) is 61.7 Å². The van der Waals surface area contributed by atoms with Gasteiger partial charge in [-0.15, -0.1) is 21.5 Å². The van der Waals surface area contributed by atoms with Gasteiger partial charge in [0.1, 0.15) is 16.5 Å². The monoisotopic (exact) mass is 591 g/mol. The first-order valence-electron chi connectivity index (χ1n) is 12.5. The minimum atomic E-state index is -0.248. The molecule has 1 amide bonds. The van der Waals surface area contributed by atoms with Crippen LogP contribution >= 0.6 is 34.7 Å². The highest BCUT2D eigenvalue weighted by Crippen LogP contribution is 2.33. The summed E-state index contributed by atoms with van der Waals surface area (Å²) in [7, 11) is 0. The SMILES string of the molecule is O=C(c1csc(CSc2nnc(-c3ccncc3)n2-c2ccccc2Cl)n1)N1CCN(c2ccccc2F)CC1. The molecule has 6 rings (SSSR count). The highest BCUT2D eigenvalue weighted by atomic mass is 35.5. The maximum absolute atomic E-state index is 14.2. The Labute approximate surface area is 243 Å². The van der Waals surface area contributed by atoms with Crippen molar-refractivity contribution in [1.82, 2.24) is 29.6 Å². The molecule has 1 aliphatic rings. The van der Waals surface area contributed by atoms with Crippen molar-refractivity contribution in [2.75, 3.05) is 31.1 Å². The van der Waals surface area contributed by atoms with E-state index in [-0.39, 0.29) is 11.7 Å². The minimum Gasteiger partial charge on any atom is -0.366 e. The van der Waals surface area contributed by atoms with Crippen LogP contribution in [0.15, 0.2) is 83.6 Å². The number of hydrogen-bond donors (Lipinski definition) is 0. The van der Waals surface area contributed by atoms with E-state index in [9.17, 15) is 9.18 Å². The van der Waals surface area contributed by atoms with Gasteiger partial charge in [-0.25, -0.2) is 9.37 Å². The topological polar surface area (TPSA) is 80.0 Å². The zero-order valence-corrected chi connectivity index (χ0v) is 23.5. The van der Waals surface area contributed by atoms with Crippen molar-refractivity contribution in [2.24, 2.45) is 0 Å². The molecule has 0 aliphatic carbocycles. The Morgan fingerprint density at radius 1 is 0.950 bits per heavy atom. The molecule has 0 spiro atoms. The second-order valence-corrected chi connectivity index (χ2v) is 11.3. The highest BCUT2D eigenvalue weighted by Gasteiger charge is 2.25. The number of hydrogen-bond acceptors (Lipinski definition) is 8. The van der Waals surface area contributed by atoms with E-state index in [0.717, 1.165) is 16.3 Å². The molecule has 0 unspecified atom stereocenters. The van der Waals surface area contributed by atoms with Crippen LogP contribution in [0.3, 0.4) is 0 Å². The van der Waals surface area contributed by atoms with E-state index in [1.54, 1.807) is 34.8 Å². The predicted octanol–water partition coefficient (Wildman–Crippen LogP) is 5.83. The number of carbonyl (C=O) groups is 1. The molecule has 0 saturated carbocycles. The molecule has 4 heterocycles. The summed E-state index contributed by atoms with van der Waals surface area (Å²) in [4.78, 5) is 25.6. The molecule has 202 valence electrons. The molecule has 8 nitrogen and oxygen atoms in total. The number of nitrogens with zero attached hydrogens (tertiary/aromatic N) is 7. The van der Waals surface area contributed by atoms with Crippen LogP contribution in [0, 0.1) is 5.82 Å². The van der Waals surface area contributed by atoms with Crippen molar-refractivity contribution in [3.63, 3.8) is 0 Å². The Morgan fingerprint density at radius 2 is 1.68 bits per heavy atom. The molecular weight excluding hydrogens is 569 g/mol. The van der Waals surface area contributed by atoms with Crippen molar-refractivity contribution in [3.8, 4) is 17.1 Å². The van der Waals surface area contributed by atoms with E-state index in [4.69, 9.17) is 11.6 Å². The molecular formula is C28H23ClFN7OS2. The summed E-state index contributed by atoms with van der Waals surface area (Å²) in [5, 5.41) is 12.7. The van der Waals surface area contributed by atoms with Gasteiger partial charge in [-0.3, -0.25) is 14.3 Å². The van der Waals surface area contributed by atoms with Crippen molar-refractivity contribution in [2.45, 2.75) is 10.9 Å². The number of para-hydroxylation sites is 2. The van der Waals surface area contributed by atoms with Gasteiger partial charge in [0.2, 0.25) is 0 Å². The van der Waals surface area contributed by atoms with Gasteiger partial charge in [0, 0.05) is 49.5 Å². The average molecular weight is 592 g/mol. The number of benzene rings is 2. The van der Waals surface area contributed by atoms with Crippen molar-refractivity contribution < 1.29 is 9.18 Å². The number of anilines is 1. The molecule has 3 aromatic heterocycles. The molecule has 0 atom stereocenters. The van der Waals surface area contributed by atoms with E-state index in [2.05, 4.69) is 20.2 Å². The van der Waals surface area contributed by atoms with Crippen molar-refractivity contribution in [3.05, 3.63) is 100.0 Å². The molecule has 0 N–H and O–H groups in total. The Morgan fingerprint density at radius 3 is 2.42 bits per heavy atom. The van der Waals surface area contributed by atoms with Crippen LogP contribution in [0.25, 0.3) is 17.1 Å². The van der Waals surface area contributed by atoms with Crippen molar-refractivity contribution >= 4 is 46.3 Å². The Hall–Kier alpha value is -3.80. The zero-order chi connectivity index (χ0) is 27.5. The highest BCUT2D eigenvalue weighted by molar-refractivity contribution is 7.98. The predicted molar refractivity (Wildman–Crippen MR) is 156 cm³/mol. The van der Waals surface area contributed by atoms with Crippen LogP contribution in [0.5, 0.6) is 0 Å². The summed E-state index contributed by atoms with van der Waals surface area (Å²) in [6, 6.07) is 18.0. The van der Waals surface area contributed by atoms with Crippen LogP contribution in [0.1, 0.15) is 15.5 Å². The second-order valence-electron chi connectivity index (χ2n) is 8.97. The fourth-order valence-corrected chi connectivity index (χ4v) is 6.47. The van der Waals surface area contributed by atoms with Gasteiger partial charge < -0.3 is 9.80 Å². The van der Waals surface area contributed by atoms with Crippen LogP contribution < -0.4 is 4.90 Å². The van der Waals surface area contributed by atoms with E-state index in [1.165, 1.54) is 29.2 Å². The molecule has 40 heavy (non-hydrogen) atoms. The zero-order valence-electron chi connectivity index (χ0n) is 21.2. The van der Waals surface area contributed by atoms with Crippen molar-refractivity contribution in [1.29, 1.82) is 0 Å². The summed E-state index contributed by atoms with van der Waals surface area (Å²) in [5.41, 5.74) is 2.63. The standard InChI is InChI=1S/C28H23ClFN7OS2/c29-20-5-1-3-7-23(20)37-26(19-9-11-31-12-10-19)33-34-28(37)40-18-25-32-22(17-39-25)27(38)36-15-13-35(14-16-36)24-8-4-2-6-21(24)30/h1-12,17H,13-16,18H2. The summed E-state index contributed by atoms with van der Waals surface area (Å²) < 4.78 is 16.1. The van der Waals surface area contributed by atoms with E-state index < -0.39 is 0 Å². The van der Waals surface area contributed by atoms with Crippen LogP contribution in [-0.2, 0) is 5.75 Å². The first kappa shape index (κ1) is 26.4. The molecule has 1 saturated heterocycles. The number of thiazole rings is 1. The van der Waals surface area contributed by atoms with E-state index in [0.29, 0.717) is 59.3 Å². The number of pyridine rings is 1. The average Bonchev–Trinajstić information content (AvgIpc) is 3.64. The fraction of sp³-hybridized carbons (Fsp3) is 0.179. The largest absolute Gasteiger partial charge is 0.366 e. The first-order chi connectivity index (χ1) is 19.6. The molecule has 2 aromatic carbocycles. The summed E-state index contributed by atoms with van der Waals surface area (Å²) in [6.45, 7) is 2.15. The van der Waals surface area contributed by atoms with E-state index in [1.807, 2.05) is 51.9 Å². The first-order valence-corrected chi connectivity index (χ1v) is 14.8. The number of piperazine rings is 1. The summed E-state index contributed by atoms with van der Waals surface area (Å²) in [6.07, 6.45) is 3.42. The molecule has 0 radical (unpaired) electrons. The van der Waals surface area contributed by atoms with Gasteiger partial charge in [0.25, 0.3) is 5.91 Å². The van der Waals surface area contributed by atoms with Crippen LogP contribution in [0.2, 0.25) is 5.02 Å². The van der Waals surface area contributed by atoms with Gasteiger partial charge >= 0.3 is 0 Å². The number of rotatable bonds is 7. The smallest absolute Gasteiger partial charge is 0.273 e. The molecule has 12 heteroatoms. The minimum absolute atomic E-state index is 0.111. The van der Waals surface area contributed by atoms with E-state index >= 15 is 0 Å². The Balaban J connectivity index is 1.15. The maximum Gasteiger partial charge on any atom is 0.273 e. The molecule has 1 aliphatic heterocycles. The van der Waals surface area contributed by atoms with Gasteiger partial charge in [-0.1, -0.05) is 47.6 Å². The lowest BCUT2D eigenvalue weighted by Crippen LogP contribution is -2.49. The van der Waals surface area contributed by atoms with Gasteiger partial charge in [-0.2, -0.15) is 0 Å². The fourth-order valence-electron chi connectivity index (χ4n) is 4.52.